The molecule has 0 saturated heterocycles. The van der Waals surface area contributed by atoms with Crippen LogP contribution in [-0.4, -0.2) is 7.11 Å². The minimum Gasteiger partial charge on any atom is -0.497 e. The Morgan fingerprint density at radius 3 is 2.44 bits per heavy atom. The van der Waals surface area contributed by atoms with Crippen LogP contribution >= 0.6 is 0 Å². The molecule has 0 aliphatic rings. The first-order valence-corrected chi connectivity index (χ1v) is 5.65. The number of nitrogens with zero attached hydrogens (tertiary/aromatic N) is 1. The Labute approximate surface area is 107 Å². The number of hydrogen-bond donors (Lipinski definition) is 0. The molecule has 2 aromatic carbocycles. The van der Waals surface area contributed by atoms with Crippen molar-refractivity contribution in [2.24, 2.45) is 0 Å². The third-order valence-electron chi connectivity index (χ3n) is 2.67. The van der Waals surface area contributed by atoms with Crippen molar-refractivity contribution in [1.29, 1.82) is 5.26 Å². The van der Waals surface area contributed by atoms with Crippen molar-refractivity contribution in [3.05, 3.63) is 71.8 Å². The van der Waals surface area contributed by atoms with Crippen LogP contribution in [0.25, 0.3) is 5.57 Å². The molecule has 2 nitrogen and oxygen atoms in total. The van der Waals surface area contributed by atoms with Gasteiger partial charge in [0.1, 0.15) is 5.75 Å². The van der Waals surface area contributed by atoms with Crippen LogP contribution in [-0.2, 0) is 0 Å². The SMILES string of the molecule is COc1cccc(/C(=C/C#N)c2ccccc2)c1. The molecule has 0 aromatic heterocycles. The lowest BCUT2D eigenvalue weighted by Crippen LogP contribution is -1.89. The number of methoxy groups -OCH3 is 1. The second-order valence-corrected chi connectivity index (χ2v) is 3.79. The van der Waals surface area contributed by atoms with Gasteiger partial charge in [-0.3, -0.25) is 0 Å². The summed E-state index contributed by atoms with van der Waals surface area (Å²) in [6, 6.07) is 19.7. The molecular formula is C16H13NO. The van der Waals surface area contributed by atoms with Gasteiger partial charge in [0.25, 0.3) is 0 Å². The van der Waals surface area contributed by atoms with E-state index in [1.54, 1.807) is 13.2 Å². The molecule has 0 spiro atoms. The standard InChI is InChI=1S/C16H13NO/c1-18-15-9-5-8-14(12-15)16(10-11-17)13-6-3-2-4-7-13/h2-10,12H,1H3/b16-10+. The Morgan fingerprint density at radius 2 is 1.78 bits per heavy atom. The van der Waals surface area contributed by atoms with Gasteiger partial charge in [-0.05, 0) is 28.8 Å². The topological polar surface area (TPSA) is 33.0 Å². The number of allylic oxidation sites excluding steroid dienone is 1. The molecule has 88 valence electrons. The lowest BCUT2D eigenvalue weighted by molar-refractivity contribution is 0.414. The summed E-state index contributed by atoms with van der Waals surface area (Å²) >= 11 is 0. The summed E-state index contributed by atoms with van der Waals surface area (Å²) in [7, 11) is 1.63. The van der Waals surface area contributed by atoms with Crippen LogP contribution in [0.1, 0.15) is 11.1 Å². The van der Waals surface area contributed by atoms with Crippen LogP contribution in [0, 0.1) is 11.3 Å². The first-order chi connectivity index (χ1) is 8.85. The maximum Gasteiger partial charge on any atom is 0.119 e. The number of hydrogen-bond acceptors (Lipinski definition) is 2. The number of ether oxygens (including phenoxy) is 1. The summed E-state index contributed by atoms with van der Waals surface area (Å²) in [6.07, 6.45) is 1.56. The monoisotopic (exact) mass is 235 g/mol. The second kappa shape index (κ2) is 5.70. The number of rotatable bonds is 3. The average molecular weight is 235 g/mol. The molecule has 0 atom stereocenters. The van der Waals surface area contributed by atoms with Gasteiger partial charge in [-0.2, -0.15) is 5.26 Å². The van der Waals surface area contributed by atoms with Gasteiger partial charge in [0, 0.05) is 6.08 Å². The Kier molecular flexibility index (Phi) is 3.78. The van der Waals surface area contributed by atoms with E-state index in [2.05, 4.69) is 6.07 Å². The fourth-order valence-corrected chi connectivity index (χ4v) is 1.81. The van der Waals surface area contributed by atoms with Crippen molar-refractivity contribution >= 4 is 5.57 Å². The molecule has 0 bridgehead atoms. The van der Waals surface area contributed by atoms with E-state index in [9.17, 15) is 0 Å². The van der Waals surface area contributed by atoms with Crippen LogP contribution < -0.4 is 4.74 Å². The van der Waals surface area contributed by atoms with Crippen molar-refractivity contribution < 1.29 is 4.74 Å². The van der Waals surface area contributed by atoms with E-state index in [0.29, 0.717) is 0 Å². The van der Waals surface area contributed by atoms with Gasteiger partial charge in [-0.25, -0.2) is 0 Å². The molecule has 0 unspecified atom stereocenters. The third kappa shape index (κ3) is 2.58. The Balaban J connectivity index is 2.50. The summed E-state index contributed by atoms with van der Waals surface area (Å²) < 4.78 is 5.21. The smallest absolute Gasteiger partial charge is 0.119 e. The molecule has 0 amide bonds. The van der Waals surface area contributed by atoms with Gasteiger partial charge in [0.05, 0.1) is 13.2 Å². The predicted molar refractivity (Wildman–Crippen MR) is 72.1 cm³/mol. The van der Waals surface area contributed by atoms with Gasteiger partial charge in [-0.1, -0.05) is 42.5 Å². The van der Waals surface area contributed by atoms with E-state index >= 15 is 0 Å². The summed E-state index contributed by atoms with van der Waals surface area (Å²) in [5.74, 6) is 0.785. The van der Waals surface area contributed by atoms with E-state index in [0.717, 1.165) is 22.4 Å². The van der Waals surface area contributed by atoms with E-state index < -0.39 is 0 Å². The molecular weight excluding hydrogens is 222 g/mol. The van der Waals surface area contributed by atoms with Crippen LogP contribution in [0.15, 0.2) is 60.7 Å². The van der Waals surface area contributed by atoms with Crippen molar-refractivity contribution in [3.8, 4) is 11.8 Å². The molecule has 0 radical (unpaired) electrons. The van der Waals surface area contributed by atoms with Crippen LogP contribution in [0.5, 0.6) is 5.75 Å². The van der Waals surface area contributed by atoms with E-state index in [1.807, 2.05) is 54.6 Å². The Bertz CT molecular complexity index is 594. The molecule has 2 heteroatoms. The summed E-state index contributed by atoms with van der Waals surface area (Å²) in [5.41, 5.74) is 2.89. The normalized spacial score (nSPS) is 10.8. The van der Waals surface area contributed by atoms with Crippen LogP contribution in [0.4, 0.5) is 0 Å². The van der Waals surface area contributed by atoms with Gasteiger partial charge in [0.2, 0.25) is 0 Å². The van der Waals surface area contributed by atoms with Gasteiger partial charge >= 0.3 is 0 Å². The molecule has 0 aliphatic heterocycles. The third-order valence-corrected chi connectivity index (χ3v) is 2.67. The lowest BCUT2D eigenvalue weighted by Gasteiger charge is -2.08. The molecule has 2 rings (SSSR count). The van der Waals surface area contributed by atoms with Gasteiger partial charge < -0.3 is 4.74 Å². The van der Waals surface area contributed by atoms with Crippen molar-refractivity contribution in [1.82, 2.24) is 0 Å². The first kappa shape index (κ1) is 11.9. The fraction of sp³-hybridized carbons (Fsp3) is 0.0625. The number of benzene rings is 2. The molecule has 0 aliphatic carbocycles. The van der Waals surface area contributed by atoms with Crippen molar-refractivity contribution in [2.45, 2.75) is 0 Å². The van der Waals surface area contributed by atoms with E-state index in [-0.39, 0.29) is 0 Å². The molecule has 0 saturated carbocycles. The molecule has 18 heavy (non-hydrogen) atoms. The predicted octanol–water partition coefficient (Wildman–Crippen LogP) is 3.65. The highest BCUT2D eigenvalue weighted by atomic mass is 16.5. The molecule has 2 aromatic rings. The molecule has 0 N–H and O–H groups in total. The van der Waals surface area contributed by atoms with Gasteiger partial charge in [-0.15, -0.1) is 0 Å². The van der Waals surface area contributed by atoms with Crippen LogP contribution in [0.2, 0.25) is 0 Å². The largest absolute Gasteiger partial charge is 0.497 e. The lowest BCUT2D eigenvalue weighted by atomic mass is 9.98. The molecule has 0 heterocycles. The van der Waals surface area contributed by atoms with Crippen molar-refractivity contribution in [3.63, 3.8) is 0 Å². The quantitative estimate of drug-likeness (QED) is 0.761. The van der Waals surface area contributed by atoms with E-state index in [4.69, 9.17) is 10.00 Å². The minimum atomic E-state index is 0.785. The van der Waals surface area contributed by atoms with Crippen LogP contribution in [0.3, 0.4) is 0 Å². The van der Waals surface area contributed by atoms with Crippen molar-refractivity contribution in [2.75, 3.05) is 7.11 Å². The summed E-state index contributed by atoms with van der Waals surface area (Å²) in [4.78, 5) is 0. The highest BCUT2D eigenvalue weighted by Gasteiger charge is 2.05. The zero-order valence-electron chi connectivity index (χ0n) is 10.1. The van der Waals surface area contributed by atoms with E-state index in [1.165, 1.54) is 0 Å². The Morgan fingerprint density at radius 1 is 1.06 bits per heavy atom. The zero-order chi connectivity index (χ0) is 12.8. The van der Waals surface area contributed by atoms with Gasteiger partial charge in [0.15, 0.2) is 0 Å². The first-order valence-electron chi connectivity index (χ1n) is 5.65. The summed E-state index contributed by atoms with van der Waals surface area (Å²) in [5, 5.41) is 8.93. The summed E-state index contributed by atoms with van der Waals surface area (Å²) in [6.45, 7) is 0. The number of nitriles is 1. The minimum absolute atomic E-state index is 0.785. The fourth-order valence-electron chi connectivity index (χ4n) is 1.81. The average Bonchev–Trinajstić information content (AvgIpc) is 2.46. The molecule has 0 fully saturated rings. The second-order valence-electron chi connectivity index (χ2n) is 3.79. The zero-order valence-corrected chi connectivity index (χ0v) is 10.1. The Hall–Kier alpha value is -2.53. The maximum absolute atomic E-state index is 8.93. The highest BCUT2D eigenvalue weighted by Crippen LogP contribution is 2.25. The maximum atomic E-state index is 8.93. The highest BCUT2D eigenvalue weighted by molar-refractivity contribution is 5.81.